The first-order valence-corrected chi connectivity index (χ1v) is 4.35. The average Bonchev–Trinajstić information content (AvgIpc) is 1.94. The summed E-state index contributed by atoms with van der Waals surface area (Å²) in [6.45, 7) is 4.02. The zero-order chi connectivity index (χ0) is 9.14. The van der Waals surface area contributed by atoms with Gasteiger partial charge in [0.2, 0.25) is 0 Å². The van der Waals surface area contributed by atoms with E-state index in [1.165, 1.54) is 12.3 Å². The summed E-state index contributed by atoms with van der Waals surface area (Å²) < 4.78 is 12.6. The maximum absolute atomic E-state index is 12.6. The summed E-state index contributed by atoms with van der Waals surface area (Å²) in [6.07, 6.45) is 1.21. The van der Waals surface area contributed by atoms with Gasteiger partial charge in [0.25, 0.3) is 0 Å². The molecule has 0 amide bonds. The molecule has 0 fully saturated rings. The van der Waals surface area contributed by atoms with Crippen molar-refractivity contribution in [2.45, 2.75) is 19.9 Å². The van der Waals surface area contributed by atoms with Crippen LogP contribution in [0.4, 0.5) is 10.2 Å². The van der Waals surface area contributed by atoms with Crippen LogP contribution in [0, 0.1) is 5.82 Å². The molecule has 1 unspecified atom stereocenters. The van der Waals surface area contributed by atoms with Crippen molar-refractivity contribution >= 4 is 20.4 Å². The third-order valence-electron chi connectivity index (χ3n) is 1.31. The van der Waals surface area contributed by atoms with Gasteiger partial charge in [0.1, 0.15) is 11.6 Å². The molecule has 1 atom stereocenters. The van der Waals surface area contributed by atoms with Crippen LogP contribution in [0.5, 0.6) is 0 Å². The predicted molar refractivity (Wildman–Crippen MR) is 52.3 cm³/mol. The van der Waals surface area contributed by atoms with Gasteiger partial charge in [-0.3, -0.25) is 0 Å². The van der Waals surface area contributed by atoms with Crippen LogP contribution in [0.2, 0.25) is 0 Å². The van der Waals surface area contributed by atoms with Gasteiger partial charge in [-0.2, -0.15) is 0 Å². The van der Waals surface area contributed by atoms with Crippen LogP contribution < -0.4 is 10.6 Å². The van der Waals surface area contributed by atoms with Crippen molar-refractivity contribution in [1.29, 1.82) is 0 Å². The minimum absolute atomic E-state index is 0.308. The number of hydrogen-bond donors (Lipinski definition) is 1. The zero-order valence-electron chi connectivity index (χ0n) is 7.13. The average molecular weight is 186 g/mol. The van der Waals surface area contributed by atoms with Gasteiger partial charge in [0, 0.05) is 11.3 Å². The lowest BCUT2D eigenvalue weighted by Gasteiger charge is -2.10. The van der Waals surface area contributed by atoms with Crippen molar-refractivity contribution < 1.29 is 4.39 Å². The van der Waals surface area contributed by atoms with E-state index in [2.05, 4.69) is 19.5 Å². The Balaban J connectivity index is 2.86. The summed E-state index contributed by atoms with van der Waals surface area (Å²) in [5, 5.41) is 3.86. The Kier molecular flexibility index (Phi) is 2.99. The third kappa shape index (κ3) is 2.42. The quantitative estimate of drug-likeness (QED) is 0.708. The van der Waals surface area contributed by atoms with Gasteiger partial charge in [0.05, 0.1) is 6.20 Å². The van der Waals surface area contributed by atoms with E-state index in [0.717, 1.165) is 11.1 Å². The molecule has 0 aliphatic heterocycles. The molecular weight excluding hydrogens is 174 g/mol. The Hall–Kier alpha value is -0.690. The maximum atomic E-state index is 12.6. The van der Waals surface area contributed by atoms with Gasteiger partial charge in [-0.25, -0.2) is 9.37 Å². The summed E-state index contributed by atoms with van der Waals surface area (Å²) in [7, 11) is 2.45. The number of anilines is 1. The van der Waals surface area contributed by atoms with Gasteiger partial charge >= 0.3 is 0 Å². The lowest BCUT2D eigenvalue weighted by Crippen LogP contribution is -2.16. The summed E-state index contributed by atoms with van der Waals surface area (Å²) >= 11 is 0. The van der Waals surface area contributed by atoms with Crippen molar-refractivity contribution in [3.63, 3.8) is 0 Å². The Morgan fingerprint density at radius 1 is 1.58 bits per heavy atom. The maximum Gasteiger partial charge on any atom is 0.142 e. The second-order valence-corrected chi connectivity index (χ2v) is 3.51. The third-order valence-corrected chi connectivity index (χ3v) is 1.75. The van der Waals surface area contributed by atoms with Crippen molar-refractivity contribution in [2.75, 3.05) is 5.32 Å². The Morgan fingerprint density at radius 3 is 2.75 bits per heavy atom. The fourth-order valence-electron chi connectivity index (χ4n) is 0.849. The monoisotopic (exact) mass is 186 g/mol. The first-order chi connectivity index (χ1) is 5.59. The molecule has 2 nitrogen and oxygen atoms in total. The van der Waals surface area contributed by atoms with Crippen molar-refractivity contribution in [1.82, 2.24) is 4.98 Å². The number of aromatic nitrogens is 1. The largest absolute Gasteiger partial charge is 0.367 e. The topological polar surface area (TPSA) is 24.9 Å². The molecule has 0 bridgehead atoms. The number of nitrogens with one attached hydrogen (secondary N) is 1. The summed E-state index contributed by atoms with van der Waals surface area (Å²) in [5.41, 5.74) is 0. The fourth-order valence-corrected chi connectivity index (χ4v) is 1.17. The first-order valence-electron chi connectivity index (χ1n) is 3.77. The van der Waals surface area contributed by atoms with E-state index in [-0.39, 0.29) is 5.82 Å². The molecule has 0 aliphatic carbocycles. The molecule has 1 N–H and O–H groups in total. The van der Waals surface area contributed by atoms with Gasteiger partial charge in [-0.1, -0.05) is 0 Å². The van der Waals surface area contributed by atoms with Crippen LogP contribution in [0.1, 0.15) is 13.8 Å². The van der Waals surface area contributed by atoms with Crippen molar-refractivity contribution in [2.24, 2.45) is 0 Å². The van der Waals surface area contributed by atoms with E-state index >= 15 is 0 Å². The van der Waals surface area contributed by atoms with E-state index in [1.54, 1.807) is 0 Å². The number of pyridine rings is 1. The van der Waals surface area contributed by atoms with Crippen molar-refractivity contribution in [3.8, 4) is 0 Å². The second kappa shape index (κ2) is 3.81. The van der Waals surface area contributed by atoms with E-state index < -0.39 is 0 Å². The minimum atomic E-state index is -0.311. The van der Waals surface area contributed by atoms with Crippen molar-refractivity contribution in [3.05, 3.63) is 18.1 Å². The minimum Gasteiger partial charge on any atom is -0.367 e. The highest BCUT2D eigenvalue weighted by molar-refractivity contribution is 7.28. The van der Waals surface area contributed by atoms with E-state index in [0.29, 0.717) is 6.04 Å². The summed E-state index contributed by atoms with van der Waals surface area (Å²) in [6, 6.07) is 1.74. The van der Waals surface area contributed by atoms with E-state index in [9.17, 15) is 4.39 Å². The lowest BCUT2D eigenvalue weighted by atomic mass is 10.3. The second-order valence-electron chi connectivity index (χ2n) is 2.89. The van der Waals surface area contributed by atoms with Gasteiger partial charge in [-0.15, -0.1) is 9.24 Å². The molecular formula is C8H12FN2P. The molecule has 66 valence electrons. The van der Waals surface area contributed by atoms with Crippen LogP contribution in [-0.2, 0) is 0 Å². The summed E-state index contributed by atoms with van der Waals surface area (Å²) in [5.74, 6) is 0.408. The Labute approximate surface area is 73.8 Å². The SMILES string of the molecule is CC(C)Nc1ncc(F)cc1P. The highest BCUT2D eigenvalue weighted by Gasteiger charge is 2.01. The highest BCUT2D eigenvalue weighted by atomic mass is 31.0. The van der Waals surface area contributed by atoms with Crippen LogP contribution in [-0.4, -0.2) is 11.0 Å². The van der Waals surface area contributed by atoms with E-state index in [1.807, 2.05) is 13.8 Å². The highest BCUT2D eigenvalue weighted by Crippen LogP contribution is 2.06. The predicted octanol–water partition coefficient (Wildman–Crippen LogP) is 1.54. The summed E-state index contributed by atoms with van der Waals surface area (Å²) in [4.78, 5) is 3.91. The molecule has 0 spiro atoms. The zero-order valence-corrected chi connectivity index (χ0v) is 8.29. The van der Waals surface area contributed by atoms with E-state index in [4.69, 9.17) is 0 Å². The molecule has 0 radical (unpaired) electrons. The van der Waals surface area contributed by atoms with Gasteiger partial charge < -0.3 is 5.32 Å². The van der Waals surface area contributed by atoms with Gasteiger partial charge in [0.15, 0.2) is 0 Å². The molecule has 0 aromatic carbocycles. The Bertz CT molecular complexity index is 276. The standard InChI is InChI=1S/C8H12FN2P/c1-5(2)11-8-7(12)3-6(9)4-10-8/h3-5H,12H2,1-2H3,(H,10,11). The molecule has 1 aromatic heterocycles. The number of nitrogens with zero attached hydrogens (tertiary/aromatic N) is 1. The van der Waals surface area contributed by atoms with Crippen LogP contribution >= 0.6 is 9.24 Å². The number of halogens is 1. The Morgan fingerprint density at radius 2 is 2.25 bits per heavy atom. The molecule has 4 heteroatoms. The molecule has 0 saturated carbocycles. The van der Waals surface area contributed by atoms with Gasteiger partial charge in [-0.05, 0) is 19.9 Å². The molecule has 1 heterocycles. The molecule has 12 heavy (non-hydrogen) atoms. The normalized spacial score (nSPS) is 10.4. The van der Waals surface area contributed by atoms with Crippen LogP contribution in [0.3, 0.4) is 0 Å². The number of rotatable bonds is 2. The lowest BCUT2D eigenvalue weighted by molar-refractivity contribution is 0.623. The smallest absolute Gasteiger partial charge is 0.142 e. The molecule has 1 rings (SSSR count). The van der Waals surface area contributed by atoms with Crippen LogP contribution in [0.25, 0.3) is 0 Å². The molecule has 0 saturated heterocycles. The molecule has 1 aromatic rings. The fraction of sp³-hybridized carbons (Fsp3) is 0.375. The number of hydrogen-bond acceptors (Lipinski definition) is 2. The van der Waals surface area contributed by atoms with Crippen LogP contribution in [0.15, 0.2) is 12.3 Å². The molecule has 0 aliphatic rings. The first kappa shape index (κ1) is 9.40.